The highest BCUT2D eigenvalue weighted by atomic mass is 19.1. The van der Waals surface area contributed by atoms with E-state index >= 15 is 0 Å². The standard InChI is InChI=1S/C14H11F2NO4/c1-8(18)14-10(16)3-2-4-12(14)21-13-7-9(15)5-6-11(13)17(19)20/h2-8,18H,1H3. The Morgan fingerprint density at radius 1 is 1.24 bits per heavy atom. The number of rotatable bonds is 4. The van der Waals surface area contributed by atoms with Crippen LogP contribution in [-0.2, 0) is 0 Å². The van der Waals surface area contributed by atoms with Crippen molar-refractivity contribution in [1.29, 1.82) is 0 Å². The zero-order chi connectivity index (χ0) is 15.6. The molecule has 0 aliphatic rings. The minimum absolute atomic E-state index is 0.112. The van der Waals surface area contributed by atoms with E-state index in [-0.39, 0.29) is 17.1 Å². The summed E-state index contributed by atoms with van der Waals surface area (Å²) in [6.45, 7) is 1.32. The fraction of sp³-hybridized carbons (Fsp3) is 0.143. The average molecular weight is 295 g/mol. The van der Waals surface area contributed by atoms with Crippen LogP contribution < -0.4 is 4.74 Å². The Morgan fingerprint density at radius 3 is 2.57 bits per heavy atom. The van der Waals surface area contributed by atoms with Crippen LogP contribution in [0.3, 0.4) is 0 Å². The van der Waals surface area contributed by atoms with Gasteiger partial charge in [-0.25, -0.2) is 8.78 Å². The van der Waals surface area contributed by atoms with E-state index in [9.17, 15) is 24.0 Å². The molecule has 7 heteroatoms. The number of hydrogen-bond acceptors (Lipinski definition) is 4. The number of nitrogens with zero attached hydrogens (tertiary/aromatic N) is 1. The lowest BCUT2D eigenvalue weighted by Crippen LogP contribution is -2.01. The largest absolute Gasteiger partial charge is 0.450 e. The quantitative estimate of drug-likeness (QED) is 0.689. The number of aliphatic hydroxyl groups excluding tert-OH is 1. The molecule has 0 radical (unpaired) electrons. The zero-order valence-corrected chi connectivity index (χ0v) is 10.9. The normalized spacial score (nSPS) is 12.0. The van der Waals surface area contributed by atoms with Gasteiger partial charge in [0.05, 0.1) is 16.6 Å². The molecule has 2 aromatic rings. The molecule has 21 heavy (non-hydrogen) atoms. The topological polar surface area (TPSA) is 72.6 Å². The Kier molecular flexibility index (Phi) is 4.13. The molecule has 0 saturated carbocycles. The van der Waals surface area contributed by atoms with Gasteiger partial charge in [0.15, 0.2) is 0 Å². The van der Waals surface area contributed by atoms with E-state index in [4.69, 9.17) is 4.74 Å². The van der Waals surface area contributed by atoms with Gasteiger partial charge in [-0.1, -0.05) is 6.07 Å². The van der Waals surface area contributed by atoms with Crippen molar-refractivity contribution >= 4 is 5.69 Å². The maximum atomic E-state index is 13.7. The Labute approximate surface area is 118 Å². The van der Waals surface area contributed by atoms with Crippen LogP contribution in [0, 0.1) is 21.7 Å². The van der Waals surface area contributed by atoms with Crippen LogP contribution in [0.5, 0.6) is 11.5 Å². The van der Waals surface area contributed by atoms with Gasteiger partial charge in [-0.3, -0.25) is 10.1 Å². The molecule has 0 aliphatic heterocycles. The molecule has 0 bridgehead atoms. The fourth-order valence-electron chi connectivity index (χ4n) is 1.85. The van der Waals surface area contributed by atoms with E-state index in [1.54, 1.807) is 0 Å². The second-order valence-electron chi connectivity index (χ2n) is 4.30. The third-order valence-electron chi connectivity index (χ3n) is 2.77. The molecule has 0 fully saturated rings. The van der Waals surface area contributed by atoms with Gasteiger partial charge in [-0.05, 0) is 25.1 Å². The minimum atomic E-state index is -1.19. The molecule has 0 heterocycles. The lowest BCUT2D eigenvalue weighted by atomic mass is 10.1. The molecule has 0 saturated heterocycles. The Bertz CT molecular complexity index is 689. The number of nitro benzene ring substituents is 1. The lowest BCUT2D eigenvalue weighted by Gasteiger charge is -2.14. The molecule has 0 aliphatic carbocycles. The van der Waals surface area contributed by atoms with Gasteiger partial charge in [0.2, 0.25) is 5.75 Å². The van der Waals surface area contributed by atoms with Crippen LogP contribution in [0.1, 0.15) is 18.6 Å². The molecular weight excluding hydrogens is 284 g/mol. The highest BCUT2D eigenvalue weighted by Gasteiger charge is 2.20. The number of nitro groups is 1. The van der Waals surface area contributed by atoms with Crippen molar-refractivity contribution < 1.29 is 23.5 Å². The van der Waals surface area contributed by atoms with Crippen molar-refractivity contribution in [3.8, 4) is 11.5 Å². The van der Waals surface area contributed by atoms with Crippen LogP contribution >= 0.6 is 0 Å². The van der Waals surface area contributed by atoms with E-state index in [1.807, 2.05) is 0 Å². The van der Waals surface area contributed by atoms with E-state index < -0.39 is 28.3 Å². The van der Waals surface area contributed by atoms with Gasteiger partial charge < -0.3 is 9.84 Å². The average Bonchev–Trinajstić information content (AvgIpc) is 2.37. The first-order valence-electron chi connectivity index (χ1n) is 5.98. The molecule has 1 atom stereocenters. The van der Waals surface area contributed by atoms with Crippen LogP contribution in [0.15, 0.2) is 36.4 Å². The number of ether oxygens (including phenoxy) is 1. The molecule has 1 unspecified atom stereocenters. The van der Waals surface area contributed by atoms with E-state index in [0.29, 0.717) is 0 Å². The van der Waals surface area contributed by atoms with Crippen molar-refractivity contribution in [2.45, 2.75) is 13.0 Å². The summed E-state index contributed by atoms with van der Waals surface area (Å²) in [5.74, 6) is -1.93. The van der Waals surface area contributed by atoms with Crippen molar-refractivity contribution in [2.24, 2.45) is 0 Å². The van der Waals surface area contributed by atoms with Gasteiger partial charge >= 0.3 is 5.69 Å². The van der Waals surface area contributed by atoms with Gasteiger partial charge in [0.25, 0.3) is 0 Å². The van der Waals surface area contributed by atoms with Crippen molar-refractivity contribution in [2.75, 3.05) is 0 Å². The summed E-state index contributed by atoms with van der Waals surface area (Å²) in [5, 5.41) is 20.5. The summed E-state index contributed by atoms with van der Waals surface area (Å²) >= 11 is 0. The highest BCUT2D eigenvalue weighted by molar-refractivity contribution is 5.50. The van der Waals surface area contributed by atoms with Crippen molar-refractivity contribution in [3.05, 3.63) is 63.7 Å². The monoisotopic (exact) mass is 295 g/mol. The predicted octanol–water partition coefficient (Wildman–Crippen LogP) is 3.72. The van der Waals surface area contributed by atoms with Crippen LogP contribution in [-0.4, -0.2) is 10.0 Å². The van der Waals surface area contributed by atoms with Gasteiger partial charge in [-0.15, -0.1) is 0 Å². The van der Waals surface area contributed by atoms with Crippen LogP contribution in [0.2, 0.25) is 0 Å². The van der Waals surface area contributed by atoms with E-state index in [2.05, 4.69) is 0 Å². The number of halogens is 2. The number of aliphatic hydroxyl groups is 1. The number of benzene rings is 2. The first kappa shape index (κ1) is 14.9. The van der Waals surface area contributed by atoms with Gasteiger partial charge in [-0.2, -0.15) is 0 Å². The molecule has 0 aromatic heterocycles. The minimum Gasteiger partial charge on any atom is -0.450 e. The molecule has 2 aromatic carbocycles. The maximum absolute atomic E-state index is 13.7. The fourth-order valence-corrected chi connectivity index (χ4v) is 1.85. The third kappa shape index (κ3) is 3.14. The number of hydrogen-bond donors (Lipinski definition) is 1. The molecular formula is C14H11F2NO4. The Morgan fingerprint density at radius 2 is 1.95 bits per heavy atom. The van der Waals surface area contributed by atoms with Crippen LogP contribution in [0.25, 0.3) is 0 Å². The SMILES string of the molecule is CC(O)c1c(F)cccc1Oc1cc(F)ccc1[N+](=O)[O-]. The first-order valence-corrected chi connectivity index (χ1v) is 5.98. The summed E-state index contributed by atoms with van der Waals surface area (Å²) in [4.78, 5) is 10.1. The summed E-state index contributed by atoms with van der Waals surface area (Å²) in [7, 11) is 0. The lowest BCUT2D eigenvalue weighted by molar-refractivity contribution is -0.385. The zero-order valence-electron chi connectivity index (χ0n) is 10.9. The molecule has 2 rings (SSSR count). The second kappa shape index (κ2) is 5.84. The third-order valence-corrected chi connectivity index (χ3v) is 2.77. The summed E-state index contributed by atoms with van der Waals surface area (Å²) in [6.07, 6.45) is -1.19. The molecule has 5 nitrogen and oxygen atoms in total. The molecule has 0 spiro atoms. The highest BCUT2D eigenvalue weighted by Crippen LogP contribution is 2.36. The summed E-state index contributed by atoms with van der Waals surface area (Å²) < 4.78 is 32.2. The Hall–Kier alpha value is -2.54. The second-order valence-corrected chi connectivity index (χ2v) is 4.30. The predicted molar refractivity (Wildman–Crippen MR) is 70.2 cm³/mol. The molecule has 110 valence electrons. The van der Waals surface area contributed by atoms with E-state index in [1.165, 1.54) is 19.1 Å². The van der Waals surface area contributed by atoms with Crippen molar-refractivity contribution in [3.63, 3.8) is 0 Å². The summed E-state index contributed by atoms with van der Waals surface area (Å²) in [6, 6.07) is 6.48. The van der Waals surface area contributed by atoms with Crippen LogP contribution in [0.4, 0.5) is 14.5 Å². The van der Waals surface area contributed by atoms with Gasteiger partial charge in [0.1, 0.15) is 17.4 Å². The Balaban J connectivity index is 2.50. The van der Waals surface area contributed by atoms with E-state index in [0.717, 1.165) is 24.3 Å². The maximum Gasteiger partial charge on any atom is 0.311 e. The van der Waals surface area contributed by atoms with Gasteiger partial charge in [0, 0.05) is 12.1 Å². The smallest absolute Gasteiger partial charge is 0.311 e. The summed E-state index contributed by atoms with van der Waals surface area (Å²) in [5.41, 5.74) is -0.617. The first-order chi connectivity index (χ1) is 9.90. The molecule has 1 N–H and O–H groups in total. The molecule has 0 amide bonds. The van der Waals surface area contributed by atoms with Crippen molar-refractivity contribution in [1.82, 2.24) is 0 Å².